The van der Waals surface area contributed by atoms with Crippen molar-refractivity contribution in [3.05, 3.63) is 301 Å². The van der Waals surface area contributed by atoms with Crippen LogP contribution in [0.3, 0.4) is 0 Å². The lowest BCUT2D eigenvalue weighted by Gasteiger charge is -2.43. The second-order valence-corrected chi connectivity index (χ2v) is 25.0. The van der Waals surface area contributed by atoms with E-state index in [0.717, 1.165) is 94.7 Å². The Morgan fingerprint density at radius 1 is 0.389 bits per heavy atom. The molecular formula is C84H61BN4O. The van der Waals surface area contributed by atoms with Gasteiger partial charge in [-0.3, -0.25) is 0 Å². The molecule has 0 spiro atoms. The summed E-state index contributed by atoms with van der Waals surface area (Å²) in [5.74, 6) is 1.74. The largest absolute Gasteiger partial charge is 0.458 e. The number of benzene rings is 11. The molecule has 0 saturated heterocycles. The fourth-order valence-electron chi connectivity index (χ4n) is 16.4. The molecule has 0 fully saturated rings. The normalized spacial score (nSPS) is 15.1. The molecule has 14 aromatic rings. The number of nitrogens with zero attached hydrogens (tertiary/aromatic N) is 4. The molecule has 3 aromatic heterocycles. The van der Waals surface area contributed by atoms with E-state index in [2.05, 4.69) is 292 Å². The van der Waals surface area contributed by atoms with Crippen LogP contribution in [0.25, 0.3) is 105 Å². The molecule has 0 saturated carbocycles. The number of para-hydroxylation sites is 6. The van der Waals surface area contributed by atoms with Gasteiger partial charge in [0.25, 0.3) is 6.71 Å². The minimum atomic E-state index is -0.189. The van der Waals surface area contributed by atoms with Gasteiger partial charge in [0.1, 0.15) is 11.5 Å². The summed E-state index contributed by atoms with van der Waals surface area (Å²) in [5, 5.41) is 6.30. The number of fused-ring (bicyclic) bond motifs is 13. The second kappa shape index (κ2) is 20.4. The second-order valence-electron chi connectivity index (χ2n) is 25.0. The fraction of sp³-hybridized carbons (Fsp3) is 0.0952. The molecule has 0 unspecified atom stereocenters. The Balaban J connectivity index is 0.976. The van der Waals surface area contributed by atoms with E-state index in [0.29, 0.717) is 0 Å². The number of anilines is 2. The van der Waals surface area contributed by atoms with Crippen LogP contribution in [-0.4, -0.2) is 20.4 Å². The molecule has 19 rings (SSSR count). The first kappa shape index (κ1) is 51.2. The highest BCUT2D eigenvalue weighted by Gasteiger charge is 2.45. The summed E-state index contributed by atoms with van der Waals surface area (Å²) in [7, 11) is 0. The predicted octanol–water partition coefficient (Wildman–Crippen LogP) is 19.6. The summed E-state index contributed by atoms with van der Waals surface area (Å²) in [6, 6.07) is 93.1. The zero-order valence-corrected chi connectivity index (χ0v) is 49.9. The van der Waals surface area contributed by atoms with Crippen molar-refractivity contribution in [2.24, 2.45) is 0 Å². The SMILES string of the molecule is C1=CC(n2c3c(c4cccc(C5=CCCC(c6cccc7c8ccccc8n(-c8ccccc8)c67)=C5N5c6ccc(-c7ccccc7)cc6B6c7cc(-c8ccccc8)ccc7Oc7cc(-n8c9ccccc9c9ccccc98)cc5c76)c42)CCCC3)=CCC1. The van der Waals surface area contributed by atoms with Gasteiger partial charge in [0.05, 0.1) is 39.0 Å². The monoisotopic (exact) mass is 1150 g/mol. The van der Waals surface area contributed by atoms with Crippen molar-refractivity contribution >= 4 is 106 Å². The topological polar surface area (TPSA) is 27.3 Å². The summed E-state index contributed by atoms with van der Waals surface area (Å²) in [6.07, 6.45) is 18.2. The molecule has 5 nitrogen and oxygen atoms in total. The number of rotatable bonds is 8. The van der Waals surface area contributed by atoms with Crippen LogP contribution < -0.4 is 26.0 Å². The maximum atomic E-state index is 7.62. The molecule has 0 amide bonds. The summed E-state index contributed by atoms with van der Waals surface area (Å²) in [4.78, 5) is 2.73. The van der Waals surface area contributed by atoms with Gasteiger partial charge < -0.3 is 23.3 Å². The van der Waals surface area contributed by atoms with Crippen LogP contribution >= 0.6 is 0 Å². The lowest BCUT2D eigenvalue weighted by Crippen LogP contribution is -2.60. The van der Waals surface area contributed by atoms with Gasteiger partial charge in [0, 0.05) is 78.2 Å². The molecule has 0 atom stereocenters. The number of hydrogen-bond acceptors (Lipinski definition) is 2. The number of hydrogen-bond donors (Lipinski definition) is 0. The summed E-state index contributed by atoms with van der Waals surface area (Å²) in [5.41, 5.74) is 29.3. The van der Waals surface area contributed by atoms with Gasteiger partial charge >= 0.3 is 0 Å². The van der Waals surface area contributed by atoms with Gasteiger partial charge in [0.15, 0.2) is 0 Å². The first-order valence-electron chi connectivity index (χ1n) is 32.3. The molecular weight excluding hydrogens is 1090 g/mol. The van der Waals surface area contributed by atoms with E-state index < -0.39 is 0 Å². The number of ether oxygens (including phenoxy) is 1. The lowest BCUT2D eigenvalue weighted by atomic mass is 9.34. The van der Waals surface area contributed by atoms with Gasteiger partial charge in [-0.25, -0.2) is 0 Å². The molecule has 5 heterocycles. The Bertz CT molecular complexity index is 5410. The smallest absolute Gasteiger partial charge is 0.256 e. The Morgan fingerprint density at radius 3 is 1.72 bits per heavy atom. The molecule has 90 heavy (non-hydrogen) atoms. The fourth-order valence-corrected chi connectivity index (χ4v) is 16.4. The standard InChI is InChI=1S/C84H61BN4O/c1-5-24-54(25-6-1)56-46-48-77-71(50-56)85-72-51-57(55-26-7-2-8-27-55)47-49-79(72)90-80-53-60(86-73-42-17-13-32-61(73)62-33-14-18-43-74(62)86)52-78(81(80)85)89(77)84-69(67-38-21-36-65-63-34-15-19-44-75(63)87(82(65)67)58-28-9-3-10-29-58)40-23-41-70(84)68-39-22-37-66-64-35-16-20-45-76(64)88(83(66)68)59-30-11-4-12-31-59/h1-3,5-11,13-15,17-19,21-22,24-34,36-39,41-44,46-53H,4,12,16,20,23,35,40,45H2. The Morgan fingerprint density at radius 2 is 1.00 bits per heavy atom. The van der Waals surface area contributed by atoms with Crippen LogP contribution in [0.5, 0.6) is 11.5 Å². The highest BCUT2D eigenvalue weighted by atomic mass is 16.5. The van der Waals surface area contributed by atoms with Crippen LogP contribution in [0.4, 0.5) is 11.4 Å². The van der Waals surface area contributed by atoms with Crippen LogP contribution in [0.1, 0.15) is 60.9 Å². The maximum Gasteiger partial charge on any atom is 0.256 e. The number of aryl methyl sites for hydroxylation is 1. The third-order valence-corrected chi connectivity index (χ3v) is 20.2. The predicted molar refractivity (Wildman–Crippen MR) is 378 cm³/mol. The van der Waals surface area contributed by atoms with Gasteiger partial charge in [-0.15, -0.1) is 0 Å². The first-order chi connectivity index (χ1) is 44.7. The molecule has 0 radical (unpaired) electrons. The van der Waals surface area contributed by atoms with E-state index in [4.69, 9.17) is 4.74 Å². The molecule has 6 heteroatoms. The Labute approximate surface area is 523 Å². The summed E-state index contributed by atoms with van der Waals surface area (Å²) in [6.45, 7) is -0.189. The van der Waals surface area contributed by atoms with E-state index in [1.54, 1.807) is 0 Å². The van der Waals surface area contributed by atoms with Crippen molar-refractivity contribution in [1.29, 1.82) is 0 Å². The molecule has 3 aliphatic carbocycles. The van der Waals surface area contributed by atoms with Crippen molar-refractivity contribution in [1.82, 2.24) is 13.7 Å². The minimum absolute atomic E-state index is 0.189. The molecule has 2 aliphatic heterocycles. The first-order valence-corrected chi connectivity index (χ1v) is 32.3. The third-order valence-electron chi connectivity index (χ3n) is 20.2. The summed E-state index contributed by atoms with van der Waals surface area (Å²) >= 11 is 0. The van der Waals surface area contributed by atoms with Crippen LogP contribution in [0, 0.1) is 0 Å². The number of aromatic nitrogens is 3. The van der Waals surface area contributed by atoms with Gasteiger partial charge in [-0.1, -0.05) is 212 Å². The van der Waals surface area contributed by atoms with E-state index >= 15 is 0 Å². The highest BCUT2D eigenvalue weighted by molar-refractivity contribution is 6.99. The van der Waals surface area contributed by atoms with Crippen molar-refractivity contribution in [2.75, 3.05) is 4.90 Å². The Hall–Kier alpha value is -10.8. The number of allylic oxidation sites excluding steroid dienone is 7. The van der Waals surface area contributed by atoms with Crippen LogP contribution in [0.2, 0.25) is 0 Å². The van der Waals surface area contributed by atoms with Crippen LogP contribution in [-0.2, 0) is 12.8 Å². The van der Waals surface area contributed by atoms with Crippen molar-refractivity contribution in [3.8, 4) is 45.1 Å². The highest BCUT2D eigenvalue weighted by Crippen LogP contribution is 2.52. The van der Waals surface area contributed by atoms with Gasteiger partial charge in [0.2, 0.25) is 0 Å². The lowest BCUT2D eigenvalue weighted by molar-refractivity contribution is 0.487. The maximum absolute atomic E-state index is 7.62. The quantitative estimate of drug-likeness (QED) is 0.142. The zero-order valence-electron chi connectivity index (χ0n) is 49.9. The third kappa shape index (κ3) is 7.70. The zero-order chi connectivity index (χ0) is 59.0. The van der Waals surface area contributed by atoms with E-state index in [9.17, 15) is 0 Å². The van der Waals surface area contributed by atoms with E-state index in [-0.39, 0.29) is 6.71 Å². The average Bonchev–Trinajstić information content (AvgIpc) is 0.852. The molecule has 5 aliphatic rings. The molecule has 0 N–H and O–H groups in total. The van der Waals surface area contributed by atoms with Crippen molar-refractivity contribution in [3.63, 3.8) is 0 Å². The van der Waals surface area contributed by atoms with E-state index in [1.165, 1.54) is 129 Å². The summed E-state index contributed by atoms with van der Waals surface area (Å²) < 4.78 is 15.3. The van der Waals surface area contributed by atoms with E-state index in [1.807, 2.05) is 0 Å². The van der Waals surface area contributed by atoms with Crippen molar-refractivity contribution < 1.29 is 4.74 Å². The minimum Gasteiger partial charge on any atom is -0.458 e. The molecule has 426 valence electrons. The van der Waals surface area contributed by atoms with Gasteiger partial charge in [-0.2, -0.15) is 0 Å². The van der Waals surface area contributed by atoms with Crippen LogP contribution in [0.15, 0.2) is 279 Å². The average molecular weight is 1150 g/mol. The molecule has 11 aromatic carbocycles. The van der Waals surface area contributed by atoms with Crippen molar-refractivity contribution in [2.45, 2.75) is 51.4 Å². The molecule has 0 bridgehead atoms. The van der Waals surface area contributed by atoms with Gasteiger partial charge in [-0.05, 0) is 156 Å². The Kier molecular flexibility index (Phi) is 11.6.